The monoisotopic (exact) mass is 682 g/mol. The van der Waals surface area contributed by atoms with Crippen LogP contribution in [0, 0.1) is 23.7 Å². The number of rotatable bonds is 2. The highest BCUT2D eigenvalue weighted by molar-refractivity contribution is 7.19. The van der Waals surface area contributed by atoms with E-state index in [2.05, 4.69) is 9.98 Å². The van der Waals surface area contributed by atoms with Gasteiger partial charge in [-0.25, -0.2) is 20.0 Å². The fourth-order valence-electron chi connectivity index (χ4n) is 8.50. The Morgan fingerprint density at radius 3 is 1.27 bits per heavy atom. The van der Waals surface area contributed by atoms with Crippen molar-refractivity contribution in [1.29, 1.82) is 0 Å². The Bertz CT molecular complexity index is 1870. The highest BCUT2D eigenvalue weighted by Gasteiger charge is 2.49. The minimum absolute atomic E-state index is 0.0318. The number of ether oxygens (including phenoxy) is 2. The van der Waals surface area contributed by atoms with Crippen molar-refractivity contribution in [1.82, 2.24) is 9.97 Å². The van der Waals surface area contributed by atoms with Crippen LogP contribution in [0.1, 0.15) is 90.4 Å². The summed E-state index contributed by atoms with van der Waals surface area (Å²) in [5.41, 5.74) is 1.39. The fraction of sp³-hybridized carbons (Fsp3) is 0.500. The van der Waals surface area contributed by atoms with Crippen molar-refractivity contribution in [3.63, 3.8) is 0 Å². The number of Topliss-reactive ketones (excluding diaryl/α,β-unsaturated/α-hetero) is 4. The lowest BCUT2D eigenvalue weighted by atomic mass is 9.81. The maximum absolute atomic E-state index is 13.2. The van der Waals surface area contributed by atoms with Crippen LogP contribution >= 0.6 is 22.7 Å². The molecule has 1 aromatic carbocycles. The highest BCUT2D eigenvalue weighted by Crippen LogP contribution is 2.56. The Hall–Kier alpha value is -3.90. The minimum atomic E-state index is -0.814. The first-order chi connectivity index (χ1) is 22.9. The number of carbonyl (C=O) groups is 4. The van der Waals surface area contributed by atoms with E-state index < -0.39 is 11.2 Å². The molecular weight excluding hydrogens is 649 g/mol. The first kappa shape index (κ1) is 30.2. The number of carbonyl (C=O) groups excluding carboxylic acids is 4. The van der Waals surface area contributed by atoms with Crippen molar-refractivity contribution in [3.05, 3.63) is 23.5 Å². The second-order valence-corrected chi connectivity index (χ2v) is 16.7. The van der Waals surface area contributed by atoms with Crippen LogP contribution < -0.4 is 9.47 Å². The number of hydrogen-bond acceptors (Lipinski definition) is 12. The molecule has 10 nitrogen and oxygen atoms in total. The zero-order valence-corrected chi connectivity index (χ0v) is 28.8. The quantitative estimate of drug-likeness (QED) is 0.276. The maximum Gasteiger partial charge on any atom is 0.210 e. The molecule has 9 rings (SSSR count). The number of aromatic nitrogens is 2. The molecule has 2 aromatic heterocycles. The zero-order valence-electron chi connectivity index (χ0n) is 27.2. The summed E-state index contributed by atoms with van der Waals surface area (Å²) in [4.78, 5) is 73.2. The second-order valence-electron chi connectivity index (χ2n) is 14.8. The van der Waals surface area contributed by atoms with E-state index in [0.29, 0.717) is 33.1 Å². The van der Waals surface area contributed by atoms with Gasteiger partial charge in [-0.05, 0) is 65.5 Å². The molecule has 12 heteroatoms. The number of benzene rings is 1. The van der Waals surface area contributed by atoms with Crippen molar-refractivity contribution >= 4 is 67.5 Å². The lowest BCUT2D eigenvalue weighted by molar-refractivity contribution is -0.120. The van der Waals surface area contributed by atoms with Crippen molar-refractivity contribution in [2.45, 2.75) is 90.3 Å². The maximum atomic E-state index is 13.2. The number of aliphatic imine (C=N–C) groups is 2. The van der Waals surface area contributed by atoms with Crippen LogP contribution in [0.5, 0.6) is 11.5 Å². The molecule has 0 radical (unpaired) electrons. The van der Waals surface area contributed by atoms with Gasteiger partial charge >= 0.3 is 0 Å². The molecule has 4 atom stereocenters. The Morgan fingerprint density at radius 2 is 0.938 bits per heavy atom. The van der Waals surface area contributed by atoms with Gasteiger partial charge in [0.15, 0.2) is 34.6 Å². The molecule has 4 aliphatic carbocycles. The van der Waals surface area contributed by atoms with Crippen LogP contribution in [0.25, 0.3) is 20.9 Å². The molecule has 0 spiro atoms. The van der Waals surface area contributed by atoms with E-state index in [1.807, 2.05) is 39.8 Å². The van der Waals surface area contributed by atoms with Crippen molar-refractivity contribution < 1.29 is 28.7 Å². The zero-order chi connectivity index (χ0) is 33.3. The molecule has 4 fully saturated rings. The van der Waals surface area contributed by atoms with Gasteiger partial charge in [0.05, 0.1) is 9.75 Å². The lowest BCUT2D eigenvalue weighted by Crippen LogP contribution is -2.31. The second kappa shape index (κ2) is 10.3. The number of ketones is 4. The SMILES string of the molecule is CC1(C)Oc2cc3c(cc2-c2sc(N=C4C(=O)C5CCCCC5C4=O)nc21)OC(C)(C)c1nc(N=C2C(=O)C4CCCCC4C2=O)sc1-3. The van der Waals surface area contributed by atoms with Crippen LogP contribution in [0.2, 0.25) is 0 Å². The third-order valence-electron chi connectivity index (χ3n) is 10.9. The number of hydrogen-bond donors (Lipinski definition) is 0. The van der Waals surface area contributed by atoms with Gasteiger partial charge in [0.1, 0.15) is 34.1 Å². The summed E-state index contributed by atoms with van der Waals surface area (Å²) >= 11 is 2.68. The van der Waals surface area contributed by atoms with E-state index in [1.165, 1.54) is 22.7 Å². The Morgan fingerprint density at radius 1 is 0.604 bits per heavy atom. The van der Waals surface area contributed by atoms with Crippen molar-refractivity contribution in [2.24, 2.45) is 33.7 Å². The molecule has 0 bridgehead atoms. The third kappa shape index (κ3) is 4.33. The smallest absolute Gasteiger partial charge is 0.210 e. The number of nitrogens with zero attached hydrogens (tertiary/aromatic N) is 4. The summed E-state index contributed by atoms with van der Waals surface area (Å²) < 4.78 is 13.1. The summed E-state index contributed by atoms with van der Waals surface area (Å²) in [7, 11) is 0. The van der Waals surface area contributed by atoms with Crippen LogP contribution in [0.3, 0.4) is 0 Å². The molecular formula is C36H34N4O6S2. The molecule has 3 aromatic rings. The van der Waals surface area contributed by atoms with Gasteiger partial charge in [-0.15, -0.1) is 0 Å². The van der Waals surface area contributed by atoms with Gasteiger partial charge in [0.2, 0.25) is 10.3 Å². The predicted octanol–water partition coefficient (Wildman–Crippen LogP) is 7.25. The van der Waals surface area contributed by atoms with Crippen LogP contribution in [0.15, 0.2) is 22.1 Å². The van der Waals surface area contributed by atoms with Crippen LogP contribution in [-0.2, 0) is 30.4 Å². The van der Waals surface area contributed by atoms with Gasteiger partial charge < -0.3 is 9.47 Å². The van der Waals surface area contributed by atoms with E-state index in [-0.39, 0.29) is 58.2 Å². The van der Waals surface area contributed by atoms with E-state index in [1.54, 1.807) is 0 Å². The number of fused-ring (bicyclic) bond motifs is 8. The predicted molar refractivity (Wildman–Crippen MR) is 181 cm³/mol. The normalized spacial score (nSPS) is 27.7. The fourth-order valence-corrected chi connectivity index (χ4v) is 10.7. The first-order valence-electron chi connectivity index (χ1n) is 16.8. The van der Waals surface area contributed by atoms with E-state index in [9.17, 15) is 19.2 Å². The molecule has 246 valence electrons. The van der Waals surface area contributed by atoms with E-state index in [0.717, 1.165) is 72.2 Å². The van der Waals surface area contributed by atoms with Crippen molar-refractivity contribution in [2.75, 3.05) is 0 Å². The highest BCUT2D eigenvalue weighted by atomic mass is 32.1. The van der Waals surface area contributed by atoms with Crippen LogP contribution in [0.4, 0.5) is 10.3 Å². The standard InChI is InChI=1S/C36H34N4O6S2/c1-35(2)31-29(47-33(39-31)37-23-25(41)15-9-5-6-10-16(15)26(23)42)19-14-22-20(13-21(19)45-35)30-32(36(3,4)46-22)40-34(48-30)38-24-27(43)17-11-7-8-12-18(17)28(24)44/h13-18H,5-12H2,1-4H3. The Balaban J connectivity index is 1.10. The molecule has 4 saturated carbocycles. The summed E-state index contributed by atoms with van der Waals surface area (Å²) in [5, 5.41) is 0.728. The lowest BCUT2D eigenvalue weighted by Gasteiger charge is -2.35. The molecule has 2 aliphatic heterocycles. The van der Waals surface area contributed by atoms with Gasteiger partial charge in [0, 0.05) is 34.8 Å². The van der Waals surface area contributed by atoms with Gasteiger partial charge in [-0.1, -0.05) is 48.4 Å². The summed E-state index contributed by atoms with van der Waals surface area (Å²) in [6, 6.07) is 3.89. The molecule has 0 saturated heterocycles. The van der Waals surface area contributed by atoms with E-state index in [4.69, 9.17) is 19.4 Å². The van der Waals surface area contributed by atoms with Gasteiger partial charge in [0.25, 0.3) is 0 Å². The molecule has 48 heavy (non-hydrogen) atoms. The average Bonchev–Trinajstić information content (AvgIpc) is 3.80. The minimum Gasteiger partial charge on any atom is -0.481 e. The molecule has 0 N–H and O–H groups in total. The topological polar surface area (TPSA) is 137 Å². The molecule has 4 unspecified atom stereocenters. The summed E-state index contributed by atoms with van der Waals surface area (Å²) in [5.74, 6) is -0.336. The average molecular weight is 683 g/mol. The van der Waals surface area contributed by atoms with Gasteiger partial charge in [-0.2, -0.15) is 0 Å². The van der Waals surface area contributed by atoms with Crippen LogP contribution in [-0.4, -0.2) is 44.5 Å². The Kier molecular flexibility index (Phi) is 6.48. The Labute approximate surface area is 285 Å². The molecule has 0 amide bonds. The molecule has 4 heterocycles. The third-order valence-corrected chi connectivity index (χ3v) is 12.9. The first-order valence-corrected chi connectivity index (χ1v) is 18.5. The van der Waals surface area contributed by atoms with Gasteiger partial charge in [-0.3, -0.25) is 19.2 Å². The summed E-state index contributed by atoms with van der Waals surface area (Å²) in [6.07, 6.45) is 6.81. The largest absolute Gasteiger partial charge is 0.481 e. The summed E-state index contributed by atoms with van der Waals surface area (Å²) in [6.45, 7) is 7.74. The van der Waals surface area contributed by atoms with Crippen molar-refractivity contribution in [3.8, 4) is 32.4 Å². The van der Waals surface area contributed by atoms with E-state index >= 15 is 0 Å². The number of thiazole rings is 2. The molecule has 6 aliphatic rings.